The van der Waals surface area contributed by atoms with Crippen LogP contribution in [0.2, 0.25) is 0 Å². The van der Waals surface area contributed by atoms with Crippen LogP contribution in [0.3, 0.4) is 0 Å². The maximum atomic E-state index is 13.7. The number of likely N-dealkylation sites (tertiary alicyclic amines) is 2. The number of H-pyrrole nitrogens is 1. The fourth-order valence-corrected chi connectivity index (χ4v) is 7.42. The summed E-state index contributed by atoms with van der Waals surface area (Å²) in [6.45, 7) is 13.0. The number of aromatic hydroxyl groups is 1. The van der Waals surface area contributed by atoms with E-state index < -0.39 is 5.60 Å². The van der Waals surface area contributed by atoms with Crippen molar-refractivity contribution >= 4 is 16.8 Å². The number of aromatic nitrogens is 1. The van der Waals surface area contributed by atoms with Crippen LogP contribution in [0.1, 0.15) is 79.2 Å². The molecule has 0 bridgehead atoms. The van der Waals surface area contributed by atoms with E-state index in [9.17, 15) is 9.90 Å². The molecule has 2 aromatic carbocycles. The van der Waals surface area contributed by atoms with E-state index in [2.05, 4.69) is 40.3 Å². The van der Waals surface area contributed by atoms with Gasteiger partial charge in [-0.3, -0.25) is 4.79 Å². The van der Waals surface area contributed by atoms with Gasteiger partial charge in [-0.1, -0.05) is 18.2 Å². The zero-order chi connectivity index (χ0) is 28.0. The van der Waals surface area contributed by atoms with Crippen LogP contribution < -0.4 is 4.74 Å². The maximum absolute atomic E-state index is 13.7. The van der Waals surface area contributed by atoms with E-state index in [4.69, 9.17) is 4.74 Å². The van der Waals surface area contributed by atoms with Gasteiger partial charge in [-0.05, 0) is 126 Å². The van der Waals surface area contributed by atoms with Crippen LogP contribution >= 0.6 is 0 Å². The number of amides is 1. The molecule has 3 aromatic rings. The highest BCUT2D eigenvalue weighted by molar-refractivity contribution is 5.86. The highest BCUT2D eigenvalue weighted by atomic mass is 16.5. The van der Waals surface area contributed by atoms with Crippen molar-refractivity contribution in [2.45, 2.75) is 84.2 Å². The maximum Gasteiger partial charge on any atom is 0.266 e. The average Bonchev–Trinajstić information content (AvgIpc) is 3.42. The number of benzene rings is 2. The van der Waals surface area contributed by atoms with Crippen molar-refractivity contribution in [2.75, 3.05) is 32.7 Å². The molecular weight excluding hydrogens is 498 g/mol. The van der Waals surface area contributed by atoms with Gasteiger partial charge in [0.15, 0.2) is 5.60 Å². The SMILES string of the molecule is Cc1c(C)c2c(c(C)c1O)CC[C@@](C)(C(=O)N1CCC(CCN3CCC(c4c[nH]c5ccccc45)CC3)CC1)O2. The summed E-state index contributed by atoms with van der Waals surface area (Å²) >= 11 is 0. The molecule has 1 aromatic heterocycles. The Labute approximate surface area is 238 Å². The Kier molecular flexibility index (Phi) is 7.32. The first-order chi connectivity index (χ1) is 19.2. The second-order valence-corrected chi connectivity index (χ2v) is 12.8. The zero-order valence-corrected chi connectivity index (χ0v) is 24.7. The highest BCUT2D eigenvalue weighted by Gasteiger charge is 2.43. The molecule has 6 nitrogen and oxygen atoms in total. The molecule has 2 N–H and O–H groups in total. The van der Waals surface area contributed by atoms with Crippen molar-refractivity contribution in [3.05, 3.63) is 58.3 Å². The largest absolute Gasteiger partial charge is 0.507 e. The van der Waals surface area contributed by atoms with E-state index in [-0.39, 0.29) is 5.91 Å². The molecule has 6 heteroatoms. The van der Waals surface area contributed by atoms with Crippen molar-refractivity contribution in [3.8, 4) is 11.5 Å². The van der Waals surface area contributed by atoms with Gasteiger partial charge in [0.2, 0.25) is 0 Å². The van der Waals surface area contributed by atoms with Crippen molar-refractivity contribution < 1.29 is 14.6 Å². The van der Waals surface area contributed by atoms with Crippen LogP contribution in [-0.4, -0.2) is 64.1 Å². The lowest BCUT2D eigenvalue weighted by Crippen LogP contribution is -2.54. The molecule has 1 amide bonds. The molecule has 6 rings (SSSR count). The summed E-state index contributed by atoms with van der Waals surface area (Å²) in [4.78, 5) is 21.8. The molecular formula is C34H45N3O3. The summed E-state index contributed by atoms with van der Waals surface area (Å²) < 4.78 is 6.48. The molecule has 40 heavy (non-hydrogen) atoms. The number of ether oxygens (including phenoxy) is 1. The van der Waals surface area contributed by atoms with Gasteiger partial charge in [0.1, 0.15) is 11.5 Å². The Morgan fingerprint density at radius 2 is 1.75 bits per heavy atom. The Morgan fingerprint density at radius 1 is 1.02 bits per heavy atom. The van der Waals surface area contributed by atoms with E-state index in [1.807, 2.05) is 32.6 Å². The molecule has 0 saturated carbocycles. The molecule has 214 valence electrons. The van der Waals surface area contributed by atoms with Crippen molar-refractivity contribution in [1.29, 1.82) is 0 Å². The molecule has 4 heterocycles. The number of phenolic OH excluding ortho intramolecular Hbond substituents is 1. The Morgan fingerprint density at radius 3 is 2.50 bits per heavy atom. The number of nitrogens with one attached hydrogen (secondary N) is 1. The van der Waals surface area contributed by atoms with Gasteiger partial charge in [0.25, 0.3) is 5.91 Å². The van der Waals surface area contributed by atoms with Gasteiger partial charge >= 0.3 is 0 Å². The molecule has 3 aliphatic rings. The number of nitrogens with zero attached hydrogens (tertiary/aromatic N) is 2. The fourth-order valence-electron chi connectivity index (χ4n) is 7.42. The first kappa shape index (κ1) is 27.2. The standard InChI is InChI=1S/C34H45N3O3/c1-22-23(2)32-27(24(3)31(22)38)9-15-34(4,40-32)33(39)37-19-11-25(12-20-37)10-16-36-17-13-26(14-18-36)29-21-35-30-8-6-5-7-28(29)30/h5-8,21,25-26,35,38H,9-20H2,1-4H3/t34-/m0/s1. The third-order valence-electron chi connectivity index (χ3n) is 10.4. The number of hydrogen-bond acceptors (Lipinski definition) is 4. The number of rotatable bonds is 5. The van der Waals surface area contributed by atoms with E-state index in [1.54, 1.807) is 0 Å². The summed E-state index contributed by atoms with van der Waals surface area (Å²) in [6.07, 6.45) is 9.48. The quantitative estimate of drug-likeness (QED) is 0.391. The molecule has 3 aliphatic heterocycles. The number of carbonyl (C=O) groups is 1. The monoisotopic (exact) mass is 543 g/mol. The van der Waals surface area contributed by atoms with Gasteiger partial charge in [-0.25, -0.2) is 0 Å². The minimum atomic E-state index is -0.838. The Balaban J connectivity index is 0.982. The number of aromatic amines is 1. The molecule has 0 unspecified atom stereocenters. The minimum Gasteiger partial charge on any atom is -0.507 e. The summed E-state index contributed by atoms with van der Waals surface area (Å²) in [6, 6.07) is 8.66. The van der Waals surface area contributed by atoms with Crippen LogP contribution in [0, 0.1) is 26.7 Å². The number of piperidine rings is 2. The molecule has 1 atom stereocenters. The number of phenols is 1. The second-order valence-electron chi connectivity index (χ2n) is 12.8. The normalized spacial score (nSPS) is 22.9. The first-order valence-electron chi connectivity index (χ1n) is 15.3. The van der Waals surface area contributed by atoms with Gasteiger partial charge in [-0.2, -0.15) is 0 Å². The van der Waals surface area contributed by atoms with Gasteiger partial charge in [0, 0.05) is 42.2 Å². The van der Waals surface area contributed by atoms with Crippen LogP contribution in [-0.2, 0) is 11.2 Å². The van der Waals surface area contributed by atoms with E-state index >= 15 is 0 Å². The lowest BCUT2D eigenvalue weighted by molar-refractivity contribution is -0.149. The van der Waals surface area contributed by atoms with Gasteiger partial charge < -0.3 is 24.6 Å². The molecule has 2 saturated heterocycles. The van der Waals surface area contributed by atoms with Crippen molar-refractivity contribution in [1.82, 2.24) is 14.8 Å². The topological polar surface area (TPSA) is 68.8 Å². The van der Waals surface area contributed by atoms with E-state index in [1.165, 1.54) is 55.4 Å². The van der Waals surface area contributed by atoms with E-state index in [0.717, 1.165) is 60.4 Å². The predicted molar refractivity (Wildman–Crippen MR) is 160 cm³/mol. The first-order valence-corrected chi connectivity index (χ1v) is 15.3. The highest BCUT2D eigenvalue weighted by Crippen LogP contribution is 2.44. The second kappa shape index (κ2) is 10.8. The number of para-hydroxylation sites is 1. The van der Waals surface area contributed by atoms with Crippen molar-refractivity contribution in [2.24, 2.45) is 5.92 Å². The Hall–Kier alpha value is -2.99. The summed E-state index contributed by atoms with van der Waals surface area (Å²) in [5.74, 6) is 2.62. The Bertz CT molecular complexity index is 1400. The summed E-state index contributed by atoms with van der Waals surface area (Å²) in [5, 5.41) is 11.9. The average molecular weight is 544 g/mol. The lowest BCUT2D eigenvalue weighted by atomic mass is 9.85. The number of carbonyl (C=O) groups excluding carboxylic acids is 1. The predicted octanol–water partition coefficient (Wildman–Crippen LogP) is 6.39. The number of fused-ring (bicyclic) bond motifs is 2. The lowest BCUT2D eigenvalue weighted by Gasteiger charge is -2.42. The molecule has 0 radical (unpaired) electrons. The summed E-state index contributed by atoms with van der Waals surface area (Å²) in [5.41, 5.74) is 5.63. The summed E-state index contributed by atoms with van der Waals surface area (Å²) in [7, 11) is 0. The van der Waals surface area contributed by atoms with E-state index in [0.29, 0.717) is 24.0 Å². The van der Waals surface area contributed by atoms with Crippen molar-refractivity contribution in [3.63, 3.8) is 0 Å². The molecule has 0 aliphatic carbocycles. The van der Waals surface area contributed by atoms with Gasteiger partial charge in [-0.15, -0.1) is 0 Å². The zero-order valence-electron chi connectivity index (χ0n) is 24.7. The van der Waals surface area contributed by atoms with Crippen LogP contribution in [0.5, 0.6) is 11.5 Å². The van der Waals surface area contributed by atoms with Crippen LogP contribution in [0.4, 0.5) is 0 Å². The van der Waals surface area contributed by atoms with Gasteiger partial charge in [0.05, 0.1) is 0 Å². The molecule has 2 fully saturated rings. The fraction of sp³-hybridized carbons (Fsp3) is 0.559. The third kappa shape index (κ3) is 4.89. The third-order valence-corrected chi connectivity index (χ3v) is 10.4. The smallest absolute Gasteiger partial charge is 0.266 e. The van der Waals surface area contributed by atoms with Crippen LogP contribution in [0.25, 0.3) is 10.9 Å². The number of hydrogen-bond donors (Lipinski definition) is 2. The minimum absolute atomic E-state index is 0.124. The van der Waals surface area contributed by atoms with Crippen LogP contribution in [0.15, 0.2) is 30.5 Å². The molecule has 0 spiro atoms.